The molecule has 0 radical (unpaired) electrons. The van der Waals surface area contributed by atoms with Crippen LogP contribution in [-0.4, -0.2) is 67.9 Å². The van der Waals surface area contributed by atoms with Crippen molar-refractivity contribution in [2.45, 2.75) is 89.1 Å². The van der Waals surface area contributed by atoms with E-state index in [2.05, 4.69) is 32.4 Å². The average Bonchev–Trinajstić information content (AvgIpc) is 2.94. The highest BCUT2D eigenvalue weighted by atomic mass is 35.5. The highest BCUT2D eigenvalue weighted by Crippen LogP contribution is 2.25. The molecule has 4 rings (SSSR count). The Kier molecular flexibility index (Phi) is 12.7. The van der Waals surface area contributed by atoms with Crippen LogP contribution in [-0.2, 0) is 21.4 Å². The summed E-state index contributed by atoms with van der Waals surface area (Å²) < 4.78 is 31.1. The molecular formula is C30H45ClN4O5S. The standard InChI is InChI=1S/C30H44N4O5S.ClH/c1-3-28(35)29(30(36)32-23-7-5-4-6-8-23)31-24-17-19-34(20-18-24)21-22-9-13-26(14-10-22)39-27-15-11-25(12-16-27)33-40(2,37)38;/h9-16,23-24,28-29,31,33,35H,3-8,17-21H2,1-2H3,(H,32,36);1H. The number of carbonyl (C=O) groups is 1. The number of aliphatic hydroxyl groups is 1. The lowest BCUT2D eigenvalue weighted by molar-refractivity contribution is -0.127. The first-order valence-corrected chi connectivity index (χ1v) is 16.4. The van der Waals surface area contributed by atoms with Crippen LogP contribution in [0.3, 0.4) is 0 Å². The Bertz CT molecular complexity index is 1180. The lowest BCUT2D eigenvalue weighted by Crippen LogP contribution is -2.57. The fraction of sp³-hybridized carbons (Fsp3) is 0.567. The van der Waals surface area contributed by atoms with E-state index in [1.54, 1.807) is 24.3 Å². The highest BCUT2D eigenvalue weighted by Gasteiger charge is 2.31. The Morgan fingerprint density at radius 1 is 0.951 bits per heavy atom. The molecule has 2 atom stereocenters. The van der Waals surface area contributed by atoms with Crippen molar-refractivity contribution < 1.29 is 23.1 Å². The lowest BCUT2D eigenvalue weighted by Gasteiger charge is -2.36. The Labute approximate surface area is 250 Å². The molecule has 228 valence electrons. The van der Waals surface area contributed by atoms with Crippen molar-refractivity contribution in [2.24, 2.45) is 0 Å². The molecule has 0 aromatic heterocycles. The summed E-state index contributed by atoms with van der Waals surface area (Å²) >= 11 is 0. The van der Waals surface area contributed by atoms with E-state index < -0.39 is 22.2 Å². The lowest BCUT2D eigenvalue weighted by atomic mass is 9.94. The number of amides is 1. The number of anilines is 1. The van der Waals surface area contributed by atoms with Crippen LogP contribution in [0, 0.1) is 0 Å². The Morgan fingerprint density at radius 2 is 1.54 bits per heavy atom. The predicted molar refractivity (Wildman–Crippen MR) is 165 cm³/mol. The Hall–Kier alpha value is -2.37. The number of rotatable bonds is 12. The molecule has 1 amide bonds. The zero-order valence-corrected chi connectivity index (χ0v) is 25.7. The second kappa shape index (κ2) is 15.7. The van der Waals surface area contributed by atoms with Crippen LogP contribution in [0.15, 0.2) is 48.5 Å². The summed E-state index contributed by atoms with van der Waals surface area (Å²) in [5, 5.41) is 17.3. The minimum atomic E-state index is -3.31. The first-order valence-electron chi connectivity index (χ1n) is 14.5. The predicted octanol–water partition coefficient (Wildman–Crippen LogP) is 4.41. The van der Waals surface area contributed by atoms with Crippen molar-refractivity contribution in [2.75, 3.05) is 24.1 Å². The number of sulfonamides is 1. The van der Waals surface area contributed by atoms with E-state index in [4.69, 9.17) is 4.74 Å². The molecule has 1 heterocycles. The van der Waals surface area contributed by atoms with Crippen LogP contribution in [0.2, 0.25) is 0 Å². The molecule has 4 N–H and O–H groups in total. The van der Waals surface area contributed by atoms with Crippen LogP contribution in [0.4, 0.5) is 5.69 Å². The molecular weight excluding hydrogens is 564 g/mol. The van der Waals surface area contributed by atoms with Crippen LogP contribution >= 0.6 is 12.4 Å². The Morgan fingerprint density at radius 3 is 2.10 bits per heavy atom. The van der Waals surface area contributed by atoms with Gasteiger partial charge in [0.25, 0.3) is 0 Å². The van der Waals surface area contributed by atoms with Crippen molar-refractivity contribution in [3.8, 4) is 11.5 Å². The number of hydrogen-bond acceptors (Lipinski definition) is 7. The summed E-state index contributed by atoms with van der Waals surface area (Å²) in [5.41, 5.74) is 1.68. The number of carbonyl (C=O) groups excluding carboxylic acids is 1. The third-order valence-electron chi connectivity index (χ3n) is 7.76. The number of halogens is 1. The number of ether oxygens (including phenoxy) is 1. The minimum absolute atomic E-state index is 0. The summed E-state index contributed by atoms with van der Waals surface area (Å²) in [6, 6.07) is 14.6. The molecule has 2 unspecified atom stereocenters. The zero-order chi connectivity index (χ0) is 28.5. The van der Waals surface area contributed by atoms with Gasteiger partial charge in [0.15, 0.2) is 0 Å². The summed E-state index contributed by atoms with van der Waals surface area (Å²) in [5.74, 6) is 1.27. The molecule has 2 aromatic rings. The number of likely N-dealkylation sites (tertiary alicyclic amines) is 1. The molecule has 1 aliphatic heterocycles. The second-order valence-electron chi connectivity index (χ2n) is 11.2. The second-order valence-corrected chi connectivity index (χ2v) is 12.9. The van der Waals surface area contributed by atoms with E-state index in [0.717, 1.165) is 64.4 Å². The number of benzene rings is 2. The van der Waals surface area contributed by atoms with E-state index >= 15 is 0 Å². The van der Waals surface area contributed by atoms with Crippen molar-refractivity contribution in [3.05, 3.63) is 54.1 Å². The molecule has 41 heavy (non-hydrogen) atoms. The number of nitrogens with zero attached hydrogens (tertiary/aromatic N) is 1. The molecule has 1 aliphatic carbocycles. The summed E-state index contributed by atoms with van der Waals surface area (Å²) in [4.78, 5) is 15.4. The fourth-order valence-corrected chi connectivity index (χ4v) is 6.07. The van der Waals surface area contributed by atoms with Gasteiger partial charge in [-0.25, -0.2) is 8.42 Å². The summed E-state index contributed by atoms with van der Waals surface area (Å²) in [7, 11) is -3.31. The van der Waals surface area contributed by atoms with Gasteiger partial charge in [-0.05, 0) is 87.2 Å². The zero-order valence-electron chi connectivity index (χ0n) is 24.1. The SMILES string of the molecule is CCC(O)C(NC1CCN(Cc2ccc(Oc3ccc(NS(C)(=O)=O)cc3)cc2)CC1)C(=O)NC1CCCCC1.Cl. The maximum Gasteiger partial charge on any atom is 0.240 e. The summed E-state index contributed by atoms with van der Waals surface area (Å²) in [6.45, 7) is 4.59. The molecule has 1 saturated heterocycles. The molecule has 2 aliphatic rings. The van der Waals surface area contributed by atoms with Crippen LogP contribution < -0.4 is 20.1 Å². The fourth-order valence-electron chi connectivity index (χ4n) is 5.51. The van der Waals surface area contributed by atoms with Gasteiger partial charge in [-0.1, -0.05) is 38.3 Å². The highest BCUT2D eigenvalue weighted by molar-refractivity contribution is 7.92. The van der Waals surface area contributed by atoms with Crippen molar-refractivity contribution in [1.29, 1.82) is 0 Å². The van der Waals surface area contributed by atoms with Crippen molar-refractivity contribution in [1.82, 2.24) is 15.5 Å². The average molecular weight is 609 g/mol. The van der Waals surface area contributed by atoms with Gasteiger partial charge in [0.05, 0.1) is 12.4 Å². The monoisotopic (exact) mass is 608 g/mol. The van der Waals surface area contributed by atoms with Crippen LogP contribution in [0.5, 0.6) is 11.5 Å². The molecule has 11 heteroatoms. The van der Waals surface area contributed by atoms with Crippen molar-refractivity contribution >= 4 is 34.0 Å². The molecule has 2 fully saturated rings. The third-order valence-corrected chi connectivity index (χ3v) is 8.37. The van der Waals surface area contributed by atoms with E-state index in [9.17, 15) is 18.3 Å². The molecule has 0 spiro atoms. The van der Waals surface area contributed by atoms with Gasteiger partial charge in [0, 0.05) is 24.3 Å². The minimum Gasteiger partial charge on any atom is -0.457 e. The number of hydrogen-bond donors (Lipinski definition) is 4. The number of nitrogens with one attached hydrogen (secondary N) is 3. The third kappa shape index (κ3) is 10.8. The van der Waals surface area contributed by atoms with Gasteiger partial charge >= 0.3 is 0 Å². The van der Waals surface area contributed by atoms with E-state index in [1.165, 1.54) is 12.0 Å². The normalized spacial score (nSPS) is 18.6. The Balaban J connectivity index is 0.00000462. The van der Waals surface area contributed by atoms with Crippen molar-refractivity contribution in [3.63, 3.8) is 0 Å². The smallest absolute Gasteiger partial charge is 0.240 e. The van der Waals surface area contributed by atoms with E-state index in [0.29, 0.717) is 23.6 Å². The van der Waals surface area contributed by atoms with Gasteiger partial charge < -0.3 is 20.5 Å². The van der Waals surface area contributed by atoms with E-state index in [-0.39, 0.29) is 30.4 Å². The molecule has 2 aromatic carbocycles. The molecule has 9 nitrogen and oxygen atoms in total. The number of aliphatic hydroxyl groups excluding tert-OH is 1. The quantitative estimate of drug-likeness (QED) is 0.282. The topological polar surface area (TPSA) is 120 Å². The van der Waals surface area contributed by atoms with E-state index in [1.807, 2.05) is 19.1 Å². The first-order chi connectivity index (χ1) is 19.2. The van der Waals surface area contributed by atoms with Gasteiger partial charge in [0.2, 0.25) is 15.9 Å². The van der Waals surface area contributed by atoms with Gasteiger partial charge in [-0.3, -0.25) is 14.4 Å². The summed E-state index contributed by atoms with van der Waals surface area (Å²) in [6.07, 6.45) is 8.45. The van der Waals surface area contributed by atoms with Crippen LogP contribution in [0.1, 0.15) is 63.9 Å². The maximum atomic E-state index is 13.0. The number of piperidine rings is 1. The largest absolute Gasteiger partial charge is 0.457 e. The van der Waals surface area contributed by atoms with Gasteiger partial charge in [-0.2, -0.15) is 0 Å². The van der Waals surface area contributed by atoms with Gasteiger partial charge in [0.1, 0.15) is 17.5 Å². The maximum absolute atomic E-state index is 13.0. The molecule has 0 bridgehead atoms. The first kappa shape index (κ1) is 33.1. The van der Waals surface area contributed by atoms with Gasteiger partial charge in [-0.15, -0.1) is 12.4 Å². The van der Waals surface area contributed by atoms with Crippen LogP contribution in [0.25, 0.3) is 0 Å². The molecule has 1 saturated carbocycles.